The highest BCUT2D eigenvalue weighted by Gasteiger charge is 2.28. The van der Waals surface area contributed by atoms with E-state index in [0.717, 1.165) is 0 Å². The first kappa shape index (κ1) is 15.9. The van der Waals surface area contributed by atoms with E-state index >= 15 is 0 Å². The van der Waals surface area contributed by atoms with Crippen LogP contribution in [0.15, 0.2) is 29.2 Å². The van der Waals surface area contributed by atoms with Crippen LogP contribution in [0.3, 0.4) is 0 Å². The van der Waals surface area contributed by atoms with E-state index in [1.807, 2.05) is 13.0 Å². The van der Waals surface area contributed by atoms with Gasteiger partial charge >= 0.3 is 0 Å². The fraction of sp³-hybridized carbons (Fsp3) is 0.417. The molecule has 1 N–H and O–H groups in total. The average Bonchev–Trinajstić information content (AvgIpc) is 2.39. The normalized spacial score (nSPS) is 20.3. The molecule has 0 aromatic heterocycles. The van der Waals surface area contributed by atoms with Crippen LogP contribution < -0.4 is 5.32 Å². The molecule has 0 spiro atoms. The molecular formula is C12H16ClN3O2S. The molecule has 0 radical (unpaired) electrons. The molecule has 1 aromatic carbocycles. The highest BCUT2D eigenvalue weighted by molar-refractivity contribution is 7.89. The zero-order valence-corrected chi connectivity index (χ0v) is 12.2. The second-order valence-electron chi connectivity index (χ2n) is 4.36. The van der Waals surface area contributed by atoms with Gasteiger partial charge in [0.1, 0.15) is 0 Å². The Labute approximate surface area is 119 Å². The van der Waals surface area contributed by atoms with Crippen molar-refractivity contribution < 1.29 is 8.42 Å². The number of sulfonamides is 1. The van der Waals surface area contributed by atoms with Gasteiger partial charge in [0.15, 0.2) is 0 Å². The molecule has 104 valence electrons. The van der Waals surface area contributed by atoms with E-state index in [4.69, 9.17) is 5.26 Å². The quantitative estimate of drug-likeness (QED) is 0.883. The van der Waals surface area contributed by atoms with E-state index in [1.165, 1.54) is 16.4 Å². The Morgan fingerprint density at radius 1 is 1.47 bits per heavy atom. The SMILES string of the molecule is C[C@@H]1CN(S(=O)(=O)c2cccc(C#N)c2)CCN1.Cl. The predicted molar refractivity (Wildman–Crippen MR) is 74.6 cm³/mol. The number of nitriles is 1. The molecule has 1 saturated heterocycles. The Morgan fingerprint density at radius 2 is 2.21 bits per heavy atom. The molecule has 0 unspecified atom stereocenters. The van der Waals surface area contributed by atoms with Crippen molar-refractivity contribution in [1.29, 1.82) is 5.26 Å². The van der Waals surface area contributed by atoms with Gasteiger partial charge in [0, 0.05) is 25.7 Å². The van der Waals surface area contributed by atoms with Gasteiger partial charge in [0.2, 0.25) is 10.0 Å². The molecule has 1 aromatic rings. The monoisotopic (exact) mass is 301 g/mol. The molecular weight excluding hydrogens is 286 g/mol. The van der Waals surface area contributed by atoms with E-state index in [1.54, 1.807) is 12.1 Å². The smallest absolute Gasteiger partial charge is 0.243 e. The zero-order chi connectivity index (χ0) is 13.2. The van der Waals surface area contributed by atoms with E-state index in [-0.39, 0.29) is 23.3 Å². The molecule has 7 heteroatoms. The average molecular weight is 302 g/mol. The second kappa shape index (κ2) is 6.35. The van der Waals surface area contributed by atoms with Crippen molar-refractivity contribution in [3.63, 3.8) is 0 Å². The molecule has 1 aliphatic heterocycles. The maximum Gasteiger partial charge on any atom is 0.243 e. The van der Waals surface area contributed by atoms with Crippen molar-refractivity contribution in [1.82, 2.24) is 9.62 Å². The first-order valence-corrected chi connectivity index (χ1v) is 7.22. The molecule has 0 aliphatic carbocycles. The molecule has 0 amide bonds. The van der Waals surface area contributed by atoms with Crippen LogP contribution in [-0.2, 0) is 10.0 Å². The van der Waals surface area contributed by atoms with Crippen molar-refractivity contribution >= 4 is 22.4 Å². The first-order valence-electron chi connectivity index (χ1n) is 5.78. The lowest BCUT2D eigenvalue weighted by molar-refractivity contribution is 0.310. The van der Waals surface area contributed by atoms with Crippen molar-refractivity contribution in [2.24, 2.45) is 0 Å². The number of nitrogens with zero attached hydrogens (tertiary/aromatic N) is 2. The predicted octanol–water partition coefficient (Wildman–Crippen LogP) is 0.962. The first-order chi connectivity index (χ1) is 8.54. The summed E-state index contributed by atoms with van der Waals surface area (Å²) in [7, 11) is -3.49. The van der Waals surface area contributed by atoms with Gasteiger partial charge in [-0.05, 0) is 25.1 Å². The van der Waals surface area contributed by atoms with Crippen LogP contribution >= 0.6 is 12.4 Å². The van der Waals surface area contributed by atoms with Crippen LogP contribution in [0.5, 0.6) is 0 Å². The topological polar surface area (TPSA) is 73.2 Å². The van der Waals surface area contributed by atoms with Crippen LogP contribution in [0.1, 0.15) is 12.5 Å². The van der Waals surface area contributed by atoms with Gasteiger partial charge in [-0.2, -0.15) is 9.57 Å². The van der Waals surface area contributed by atoms with E-state index < -0.39 is 10.0 Å². The third-order valence-electron chi connectivity index (χ3n) is 2.93. The number of hydrogen-bond acceptors (Lipinski definition) is 4. The van der Waals surface area contributed by atoms with Crippen LogP contribution in [0.25, 0.3) is 0 Å². The number of halogens is 1. The summed E-state index contributed by atoms with van der Waals surface area (Å²) in [5, 5.41) is 12.0. The van der Waals surface area contributed by atoms with Crippen LogP contribution in [0.2, 0.25) is 0 Å². The van der Waals surface area contributed by atoms with Crippen molar-refractivity contribution in [2.45, 2.75) is 17.9 Å². The van der Waals surface area contributed by atoms with Gasteiger partial charge in [0.05, 0.1) is 16.5 Å². The Morgan fingerprint density at radius 3 is 2.84 bits per heavy atom. The third kappa shape index (κ3) is 3.45. The zero-order valence-electron chi connectivity index (χ0n) is 10.5. The maximum atomic E-state index is 12.4. The number of nitrogens with one attached hydrogen (secondary N) is 1. The Kier molecular flexibility index (Phi) is 5.32. The minimum absolute atomic E-state index is 0. The molecule has 5 nitrogen and oxygen atoms in total. The van der Waals surface area contributed by atoms with E-state index in [9.17, 15) is 8.42 Å². The summed E-state index contributed by atoms with van der Waals surface area (Å²) in [6, 6.07) is 8.24. The van der Waals surface area contributed by atoms with Gasteiger partial charge in [-0.3, -0.25) is 0 Å². The summed E-state index contributed by atoms with van der Waals surface area (Å²) in [5.74, 6) is 0. The Balaban J connectivity index is 0.00000180. The van der Waals surface area contributed by atoms with Crippen LogP contribution in [0.4, 0.5) is 0 Å². The summed E-state index contributed by atoms with van der Waals surface area (Å²) in [6.45, 7) is 3.52. The fourth-order valence-electron chi connectivity index (χ4n) is 1.99. The van der Waals surface area contributed by atoms with E-state index in [2.05, 4.69) is 5.32 Å². The molecule has 1 fully saturated rings. The number of piperazine rings is 1. The number of benzene rings is 1. The third-order valence-corrected chi connectivity index (χ3v) is 4.79. The summed E-state index contributed by atoms with van der Waals surface area (Å²) >= 11 is 0. The molecule has 0 bridgehead atoms. The molecule has 1 atom stereocenters. The van der Waals surface area contributed by atoms with Crippen molar-refractivity contribution in [3.05, 3.63) is 29.8 Å². The summed E-state index contributed by atoms with van der Waals surface area (Å²) < 4.78 is 26.2. The molecule has 19 heavy (non-hydrogen) atoms. The highest BCUT2D eigenvalue weighted by Crippen LogP contribution is 2.18. The van der Waals surface area contributed by atoms with Gasteiger partial charge < -0.3 is 5.32 Å². The lowest BCUT2D eigenvalue weighted by Crippen LogP contribution is -2.51. The van der Waals surface area contributed by atoms with Gasteiger partial charge in [-0.25, -0.2) is 8.42 Å². The highest BCUT2D eigenvalue weighted by atomic mass is 35.5. The summed E-state index contributed by atoms with van der Waals surface area (Å²) in [4.78, 5) is 0.190. The van der Waals surface area contributed by atoms with Crippen LogP contribution in [-0.4, -0.2) is 38.4 Å². The summed E-state index contributed by atoms with van der Waals surface area (Å²) in [6.07, 6.45) is 0. The minimum Gasteiger partial charge on any atom is -0.312 e. The molecule has 1 aliphatic rings. The van der Waals surface area contributed by atoms with Gasteiger partial charge in [-0.1, -0.05) is 6.07 Å². The molecule has 2 rings (SSSR count). The second-order valence-corrected chi connectivity index (χ2v) is 6.30. The summed E-state index contributed by atoms with van der Waals surface area (Å²) in [5.41, 5.74) is 0.360. The fourth-order valence-corrected chi connectivity index (χ4v) is 3.57. The maximum absolute atomic E-state index is 12.4. The Hall–Kier alpha value is -1.13. The number of rotatable bonds is 2. The largest absolute Gasteiger partial charge is 0.312 e. The molecule has 0 saturated carbocycles. The van der Waals surface area contributed by atoms with E-state index in [0.29, 0.717) is 25.2 Å². The van der Waals surface area contributed by atoms with Crippen molar-refractivity contribution in [3.8, 4) is 6.07 Å². The van der Waals surface area contributed by atoms with Gasteiger partial charge in [0.25, 0.3) is 0 Å². The lowest BCUT2D eigenvalue weighted by atomic mass is 10.2. The Bertz CT molecular complexity index is 583. The standard InChI is InChI=1S/C12H15N3O2S.ClH/c1-10-9-15(6-5-14-10)18(16,17)12-4-2-3-11(7-12)8-13;/h2-4,7,10,14H,5-6,9H2,1H3;1H/t10-;/m1./s1. The van der Waals surface area contributed by atoms with Crippen LogP contribution in [0, 0.1) is 11.3 Å². The minimum atomic E-state index is -3.49. The van der Waals surface area contributed by atoms with Crippen molar-refractivity contribution in [2.75, 3.05) is 19.6 Å². The van der Waals surface area contributed by atoms with Gasteiger partial charge in [-0.15, -0.1) is 12.4 Å². The lowest BCUT2D eigenvalue weighted by Gasteiger charge is -2.31. The number of hydrogen-bond donors (Lipinski definition) is 1. The molecule has 1 heterocycles.